The lowest BCUT2D eigenvalue weighted by molar-refractivity contribution is -0.137. The van der Waals surface area contributed by atoms with Gasteiger partial charge in [-0.25, -0.2) is 0 Å². The van der Waals surface area contributed by atoms with Crippen LogP contribution in [0.25, 0.3) is 5.57 Å². The molecule has 0 bridgehead atoms. The number of hydrogen-bond donors (Lipinski definition) is 1. The van der Waals surface area contributed by atoms with Crippen molar-refractivity contribution >= 4 is 23.1 Å². The number of anilines is 1. The summed E-state index contributed by atoms with van der Waals surface area (Å²) in [4.78, 5) is 27.9. The Morgan fingerprint density at radius 1 is 0.900 bits per heavy atom. The molecule has 2 amide bonds. The highest BCUT2D eigenvalue weighted by molar-refractivity contribution is 6.36. The molecule has 0 aromatic heterocycles. The molecule has 0 radical (unpaired) electrons. The Morgan fingerprint density at radius 3 is 2.13 bits per heavy atom. The zero-order valence-corrected chi connectivity index (χ0v) is 18.6. The van der Waals surface area contributed by atoms with Gasteiger partial charge in [-0.05, 0) is 64.3 Å². The van der Waals surface area contributed by atoms with E-state index in [9.17, 15) is 9.59 Å². The molecule has 2 aromatic carbocycles. The molecule has 5 nitrogen and oxygen atoms in total. The molecule has 3 rings (SSSR count). The summed E-state index contributed by atoms with van der Waals surface area (Å²) in [5.74, 6) is -0.603. The van der Waals surface area contributed by atoms with Crippen molar-refractivity contribution in [2.45, 2.75) is 47.6 Å². The minimum absolute atomic E-state index is 0.0392. The van der Waals surface area contributed by atoms with Gasteiger partial charge in [0.2, 0.25) is 0 Å². The smallest absolute Gasteiger partial charge is 0.278 e. The summed E-state index contributed by atoms with van der Waals surface area (Å²) in [5, 5.41) is 3.26. The molecule has 1 heterocycles. The summed E-state index contributed by atoms with van der Waals surface area (Å²) in [6.07, 6.45) is 0.0392. The molecule has 0 fully saturated rings. The molecule has 0 spiro atoms. The molecular formula is C25H30N2O3. The lowest BCUT2D eigenvalue weighted by Gasteiger charge is -2.17. The highest BCUT2D eigenvalue weighted by Crippen LogP contribution is 2.33. The summed E-state index contributed by atoms with van der Waals surface area (Å²) in [5.41, 5.74) is 6.57. The van der Waals surface area contributed by atoms with Gasteiger partial charge in [-0.3, -0.25) is 14.5 Å². The zero-order chi connectivity index (χ0) is 22.0. The van der Waals surface area contributed by atoms with Gasteiger partial charge in [0.1, 0.15) is 5.70 Å². The first-order valence-corrected chi connectivity index (χ1v) is 10.3. The Labute approximate surface area is 178 Å². The molecule has 0 atom stereocenters. The zero-order valence-electron chi connectivity index (χ0n) is 18.6. The quantitative estimate of drug-likeness (QED) is 0.686. The summed E-state index contributed by atoms with van der Waals surface area (Å²) < 4.78 is 5.58. The number of rotatable bonds is 7. The lowest BCUT2D eigenvalue weighted by atomic mass is 9.97. The Balaban J connectivity index is 2.03. The van der Waals surface area contributed by atoms with Gasteiger partial charge in [-0.15, -0.1) is 0 Å². The Kier molecular flexibility index (Phi) is 6.42. The second-order valence-corrected chi connectivity index (χ2v) is 8.19. The monoisotopic (exact) mass is 406 g/mol. The van der Waals surface area contributed by atoms with Crippen LogP contribution in [0.15, 0.2) is 42.1 Å². The molecular weight excluding hydrogens is 376 g/mol. The average Bonchev–Trinajstić information content (AvgIpc) is 2.88. The number of carbonyl (C=O) groups is 2. The molecule has 5 heteroatoms. The van der Waals surface area contributed by atoms with Crippen LogP contribution >= 0.6 is 0 Å². The highest BCUT2D eigenvalue weighted by atomic mass is 16.5. The Hall–Kier alpha value is -2.92. The molecule has 0 aliphatic carbocycles. The number of benzene rings is 2. The van der Waals surface area contributed by atoms with Crippen molar-refractivity contribution in [1.82, 2.24) is 4.90 Å². The molecule has 1 aliphatic heterocycles. The maximum absolute atomic E-state index is 13.3. The number of hydrogen-bond acceptors (Lipinski definition) is 4. The molecule has 0 saturated carbocycles. The van der Waals surface area contributed by atoms with Crippen LogP contribution in [-0.4, -0.2) is 36.0 Å². The topological polar surface area (TPSA) is 58.6 Å². The fourth-order valence-corrected chi connectivity index (χ4v) is 3.71. The van der Waals surface area contributed by atoms with Gasteiger partial charge in [-0.2, -0.15) is 0 Å². The van der Waals surface area contributed by atoms with Gasteiger partial charge in [0, 0.05) is 5.69 Å². The standard InChI is InChI=1S/C25H30N2O3/c1-15(2)30-12-11-27-24(28)22(20-9-7-16(3)13-18(20)5)23(25(27)29)26-21-10-8-17(4)14-19(21)6/h7-10,13-15,26H,11-12H2,1-6H3. The van der Waals surface area contributed by atoms with E-state index in [-0.39, 0.29) is 24.5 Å². The number of amides is 2. The maximum atomic E-state index is 13.3. The van der Waals surface area contributed by atoms with E-state index >= 15 is 0 Å². The van der Waals surface area contributed by atoms with Crippen LogP contribution in [0.2, 0.25) is 0 Å². The van der Waals surface area contributed by atoms with E-state index in [1.54, 1.807) is 0 Å². The van der Waals surface area contributed by atoms with Crippen molar-refractivity contribution in [3.63, 3.8) is 0 Å². The van der Waals surface area contributed by atoms with Crippen LogP contribution in [0.3, 0.4) is 0 Å². The van der Waals surface area contributed by atoms with E-state index in [1.165, 1.54) is 4.90 Å². The highest BCUT2D eigenvalue weighted by Gasteiger charge is 2.39. The number of imide groups is 1. The van der Waals surface area contributed by atoms with Crippen LogP contribution in [0.1, 0.15) is 41.7 Å². The molecule has 0 saturated heterocycles. The third-order valence-corrected chi connectivity index (χ3v) is 5.23. The van der Waals surface area contributed by atoms with Gasteiger partial charge < -0.3 is 10.1 Å². The molecule has 1 N–H and O–H groups in total. The summed E-state index contributed by atoms with van der Waals surface area (Å²) in [6, 6.07) is 11.9. The van der Waals surface area contributed by atoms with E-state index in [1.807, 2.05) is 71.9 Å². The number of aryl methyl sites for hydroxylation is 4. The first kappa shape index (κ1) is 21.8. The van der Waals surface area contributed by atoms with Crippen LogP contribution in [0.5, 0.6) is 0 Å². The van der Waals surface area contributed by atoms with Crippen LogP contribution in [0, 0.1) is 27.7 Å². The number of ether oxygens (including phenoxy) is 1. The third kappa shape index (κ3) is 4.46. The second kappa shape index (κ2) is 8.84. The summed E-state index contributed by atoms with van der Waals surface area (Å²) in [7, 11) is 0. The number of nitrogens with zero attached hydrogens (tertiary/aromatic N) is 1. The fourth-order valence-electron chi connectivity index (χ4n) is 3.71. The lowest BCUT2D eigenvalue weighted by Crippen LogP contribution is -2.35. The van der Waals surface area contributed by atoms with Crippen LogP contribution < -0.4 is 5.32 Å². The maximum Gasteiger partial charge on any atom is 0.278 e. The van der Waals surface area contributed by atoms with Gasteiger partial charge in [0.25, 0.3) is 11.8 Å². The van der Waals surface area contributed by atoms with Gasteiger partial charge in [0.05, 0.1) is 24.8 Å². The molecule has 0 unspecified atom stereocenters. The van der Waals surface area contributed by atoms with E-state index in [2.05, 4.69) is 11.4 Å². The van der Waals surface area contributed by atoms with E-state index < -0.39 is 0 Å². The Morgan fingerprint density at radius 2 is 1.53 bits per heavy atom. The third-order valence-electron chi connectivity index (χ3n) is 5.23. The molecule has 2 aromatic rings. The van der Waals surface area contributed by atoms with E-state index in [4.69, 9.17) is 4.74 Å². The first-order chi connectivity index (χ1) is 14.2. The average molecular weight is 407 g/mol. The fraction of sp³-hybridized carbons (Fsp3) is 0.360. The van der Waals surface area contributed by atoms with Crippen molar-refractivity contribution in [3.8, 4) is 0 Å². The summed E-state index contributed by atoms with van der Waals surface area (Å²) >= 11 is 0. The number of carbonyl (C=O) groups excluding carboxylic acids is 2. The largest absolute Gasteiger partial charge is 0.377 e. The number of nitrogens with one attached hydrogen (secondary N) is 1. The van der Waals surface area contributed by atoms with Crippen molar-refractivity contribution in [2.24, 2.45) is 0 Å². The SMILES string of the molecule is Cc1ccc(NC2=C(c3ccc(C)cc3C)C(=O)N(CCOC(C)C)C2=O)c(C)c1. The predicted molar refractivity (Wildman–Crippen MR) is 120 cm³/mol. The van der Waals surface area contributed by atoms with Crippen molar-refractivity contribution in [2.75, 3.05) is 18.5 Å². The normalized spacial score (nSPS) is 14.3. The van der Waals surface area contributed by atoms with Crippen molar-refractivity contribution in [3.05, 3.63) is 69.9 Å². The minimum Gasteiger partial charge on any atom is -0.377 e. The minimum atomic E-state index is -0.317. The molecule has 30 heavy (non-hydrogen) atoms. The van der Waals surface area contributed by atoms with Gasteiger partial charge in [0.15, 0.2) is 0 Å². The Bertz CT molecular complexity index is 1020. The molecule has 158 valence electrons. The van der Waals surface area contributed by atoms with Crippen molar-refractivity contribution < 1.29 is 14.3 Å². The second-order valence-electron chi connectivity index (χ2n) is 8.19. The summed E-state index contributed by atoms with van der Waals surface area (Å²) in [6.45, 7) is 12.4. The first-order valence-electron chi connectivity index (χ1n) is 10.3. The van der Waals surface area contributed by atoms with Gasteiger partial charge in [-0.1, -0.05) is 41.5 Å². The van der Waals surface area contributed by atoms with Gasteiger partial charge >= 0.3 is 0 Å². The van der Waals surface area contributed by atoms with E-state index in [0.717, 1.165) is 33.5 Å². The predicted octanol–water partition coefficient (Wildman–Crippen LogP) is 4.54. The molecule has 1 aliphatic rings. The van der Waals surface area contributed by atoms with Crippen LogP contribution in [-0.2, 0) is 14.3 Å². The van der Waals surface area contributed by atoms with Crippen LogP contribution in [0.4, 0.5) is 5.69 Å². The van der Waals surface area contributed by atoms with Crippen molar-refractivity contribution in [1.29, 1.82) is 0 Å². The van der Waals surface area contributed by atoms with E-state index in [0.29, 0.717) is 17.9 Å².